The Morgan fingerprint density at radius 2 is 1.30 bits per heavy atom. The number of anilines is 1. The summed E-state index contributed by atoms with van der Waals surface area (Å²) < 4.78 is 0. The number of hydrogen-bond acceptors (Lipinski definition) is 1. The first-order chi connectivity index (χ1) is 13.1. The van der Waals surface area contributed by atoms with Gasteiger partial charge in [-0.05, 0) is 19.1 Å². The van der Waals surface area contributed by atoms with Gasteiger partial charge in [0.15, 0.2) is 6.04 Å². The molecule has 0 aromatic heterocycles. The summed E-state index contributed by atoms with van der Waals surface area (Å²) in [7, 11) is 0. The molecule has 5 heteroatoms. The van der Waals surface area contributed by atoms with Crippen LogP contribution in [0.2, 0.25) is 10.0 Å². The van der Waals surface area contributed by atoms with Crippen molar-refractivity contribution in [1.29, 1.82) is 0 Å². The van der Waals surface area contributed by atoms with E-state index in [9.17, 15) is 4.79 Å². The lowest BCUT2D eigenvalue weighted by molar-refractivity contribution is -0.704. The van der Waals surface area contributed by atoms with E-state index in [1.54, 1.807) is 18.2 Å². The van der Waals surface area contributed by atoms with Gasteiger partial charge in [-0.2, -0.15) is 0 Å². The summed E-state index contributed by atoms with van der Waals surface area (Å²) >= 11 is 12.3. The van der Waals surface area contributed by atoms with E-state index >= 15 is 0 Å². The summed E-state index contributed by atoms with van der Waals surface area (Å²) in [5.41, 5.74) is 2.72. The van der Waals surface area contributed by atoms with Crippen molar-refractivity contribution >= 4 is 34.8 Å². The van der Waals surface area contributed by atoms with E-state index in [2.05, 4.69) is 29.6 Å². The molecule has 0 aliphatic heterocycles. The smallest absolute Gasteiger partial charge is 0.282 e. The number of benzene rings is 3. The number of nitrogens with one attached hydrogen (secondary N) is 1. The van der Waals surface area contributed by atoms with Crippen LogP contribution in [0.25, 0.3) is 0 Å². The minimum absolute atomic E-state index is 0.00914. The van der Waals surface area contributed by atoms with E-state index in [0.29, 0.717) is 15.7 Å². The maximum Gasteiger partial charge on any atom is 0.282 e. The molecular weight excluding hydrogens is 379 g/mol. The zero-order valence-corrected chi connectivity index (χ0v) is 16.4. The van der Waals surface area contributed by atoms with E-state index in [-0.39, 0.29) is 18.0 Å². The largest absolute Gasteiger partial charge is 0.326 e. The maximum absolute atomic E-state index is 12.8. The zero-order valence-electron chi connectivity index (χ0n) is 14.9. The standard InChI is InChI=1S/C22H20Cl2N2O/c1-15(22(27)26-21-18(23)13-8-14-19(21)24)25-20(16-9-4-2-5-10-16)17-11-6-3-7-12-17/h2-15,20,25H,1H3,(H,26,27)/p+1/t15-/m0/s1. The van der Waals surface area contributed by atoms with Crippen LogP contribution in [-0.2, 0) is 4.79 Å². The number of carbonyl (C=O) groups excluding carboxylic acids is 1. The van der Waals surface area contributed by atoms with E-state index < -0.39 is 0 Å². The summed E-state index contributed by atoms with van der Waals surface area (Å²) in [4.78, 5) is 12.8. The highest BCUT2D eigenvalue weighted by atomic mass is 35.5. The Morgan fingerprint density at radius 3 is 1.78 bits per heavy atom. The SMILES string of the molecule is C[C@H]([NH2+]C(c1ccccc1)c1ccccc1)C(=O)Nc1c(Cl)cccc1Cl. The molecule has 3 rings (SSSR count). The molecule has 1 atom stereocenters. The maximum atomic E-state index is 12.8. The van der Waals surface area contributed by atoms with Crippen LogP contribution in [0.4, 0.5) is 5.69 Å². The minimum atomic E-state index is -0.345. The van der Waals surface area contributed by atoms with Gasteiger partial charge >= 0.3 is 0 Å². The predicted octanol–water partition coefficient (Wildman–Crippen LogP) is 4.67. The second kappa shape index (κ2) is 9.05. The molecule has 3 aromatic carbocycles. The number of rotatable bonds is 6. The summed E-state index contributed by atoms with van der Waals surface area (Å²) in [5.74, 6) is -0.151. The summed E-state index contributed by atoms with van der Waals surface area (Å²) in [5, 5.41) is 5.74. The van der Waals surface area contributed by atoms with Gasteiger partial charge in [0.25, 0.3) is 5.91 Å². The summed E-state index contributed by atoms with van der Waals surface area (Å²) in [6, 6.07) is 25.1. The number of quaternary nitrogens is 1. The lowest BCUT2D eigenvalue weighted by atomic mass is 9.98. The topological polar surface area (TPSA) is 45.7 Å². The first-order valence-corrected chi connectivity index (χ1v) is 9.51. The molecule has 0 aliphatic rings. The Morgan fingerprint density at radius 1 is 0.815 bits per heavy atom. The van der Waals surface area contributed by atoms with Crippen LogP contribution in [-0.4, -0.2) is 11.9 Å². The third kappa shape index (κ3) is 4.89. The minimum Gasteiger partial charge on any atom is -0.326 e. The van der Waals surface area contributed by atoms with E-state index in [1.807, 2.05) is 48.6 Å². The molecular formula is C22H21Cl2N2O+. The number of nitrogens with two attached hydrogens (primary N) is 1. The molecule has 3 aromatic rings. The Labute approximate surface area is 169 Å². The van der Waals surface area contributed by atoms with E-state index in [4.69, 9.17) is 23.2 Å². The number of para-hydroxylation sites is 1. The molecule has 138 valence electrons. The van der Waals surface area contributed by atoms with Crippen molar-refractivity contribution in [2.75, 3.05) is 5.32 Å². The van der Waals surface area contributed by atoms with E-state index in [0.717, 1.165) is 11.1 Å². The third-order valence-electron chi connectivity index (χ3n) is 4.42. The van der Waals surface area contributed by atoms with Crippen molar-refractivity contribution in [2.45, 2.75) is 19.0 Å². The van der Waals surface area contributed by atoms with Crippen molar-refractivity contribution in [3.8, 4) is 0 Å². The van der Waals surface area contributed by atoms with Crippen molar-refractivity contribution in [3.05, 3.63) is 100 Å². The molecule has 0 heterocycles. The molecule has 0 unspecified atom stereocenters. The third-order valence-corrected chi connectivity index (χ3v) is 5.05. The Hall–Kier alpha value is -2.33. The van der Waals surface area contributed by atoms with Gasteiger partial charge in [0, 0.05) is 11.1 Å². The zero-order chi connectivity index (χ0) is 19.2. The van der Waals surface area contributed by atoms with Crippen LogP contribution in [0.3, 0.4) is 0 Å². The highest BCUT2D eigenvalue weighted by Crippen LogP contribution is 2.29. The number of carbonyl (C=O) groups is 1. The van der Waals surface area contributed by atoms with Crippen molar-refractivity contribution < 1.29 is 10.1 Å². The number of hydrogen-bond donors (Lipinski definition) is 2. The highest BCUT2D eigenvalue weighted by molar-refractivity contribution is 6.39. The predicted molar refractivity (Wildman–Crippen MR) is 111 cm³/mol. The Kier molecular flexibility index (Phi) is 6.51. The van der Waals surface area contributed by atoms with Crippen molar-refractivity contribution in [1.82, 2.24) is 0 Å². The lowest BCUT2D eigenvalue weighted by Gasteiger charge is -2.21. The summed E-state index contributed by atoms with van der Waals surface area (Å²) in [6.45, 7) is 1.87. The van der Waals surface area contributed by atoms with Crippen LogP contribution in [0.5, 0.6) is 0 Å². The van der Waals surface area contributed by atoms with Gasteiger partial charge in [0.1, 0.15) is 6.04 Å². The molecule has 0 radical (unpaired) electrons. The van der Waals surface area contributed by atoms with Gasteiger partial charge < -0.3 is 10.6 Å². The van der Waals surface area contributed by atoms with Gasteiger partial charge in [-0.15, -0.1) is 0 Å². The van der Waals surface area contributed by atoms with Gasteiger partial charge in [-0.25, -0.2) is 0 Å². The quantitative estimate of drug-likeness (QED) is 0.621. The molecule has 0 saturated heterocycles. The van der Waals surface area contributed by atoms with Gasteiger partial charge in [0.2, 0.25) is 0 Å². The highest BCUT2D eigenvalue weighted by Gasteiger charge is 2.25. The fourth-order valence-corrected chi connectivity index (χ4v) is 3.46. The van der Waals surface area contributed by atoms with Crippen molar-refractivity contribution in [3.63, 3.8) is 0 Å². The van der Waals surface area contributed by atoms with Crippen LogP contribution < -0.4 is 10.6 Å². The normalized spacial score (nSPS) is 12.0. The molecule has 27 heavy (non-hydrogen) atoms. The Balaban J connectivity index is 1.80. The van der Waals surface area contributed by atoms with Crippen LogP contribution in [0, 0.1) is 0 Å². The number of amides is 1. The lowest BCUT2D eigenvalue weighted by Crippen LogP contribution is -2.92. The Bertz CT molecular complexity index is 841. The van der Waals surface area contributed by atoms with Gasteiger partial charge in [-0.1, -0.05) is 89.9 Å². The first kappa shape index (κ1) is 19.4. The second-order valence-electron chi connectivity index (χ2n) is 6.37. The molecule has 3 N–H and O–H groups in total. The van der Waals surface area contributed by atoms with E-state index in [1.165, 1.54) is 0 Å². The monoisotopic (exact) mass is 399 g/mol. The summed E-state index contributed by atoms with van der Waals surface area (Å²) in [6.07, 6.45) is 0. The molecule has 0 aliphatic carbocycles. The van der Waals surface area contributed by atoms with Crippen LogP contribution in [0.1, 0.15) is 24.1 Å². The average Bonchev–Trinajstić information content (AvgIpc) is 2.70. The molecule has 0 spiro atoms. The fraction of sp³-hybridized carbons (Fsp3) is 0.136. The molecule has 0 saturated carbocycles. The second-order valence-corrected chi connectivity index (χ2v) is 7.18. The molecule has 0 fully saturated rings. The van der Waals surface area contributed by atoms with Gasteiger partial charge in [0.05, 0.1) is 15.7 Å². The first-order valence-electron chi connectivity index (χ1n) is 8.76. The van der Waals surface area contributed by atoms with Crippen LogP contribution >= 0.6 is 23.2 Å². The average molecular weight is 400 g/mol. The van der Waals surface area contributed by atoms with Crippen LogP contribution in [0.15, 0.2) is 78.9 Å². The molecule has 1 amide bonds. The molecule has 3 nitrogen and oxygen atoms in total. The van der Waals surface area contributed by atoms with Crippen molar-refractivity contribution in [2.24, 2.45) is 0 Å². The number of halogens is 2. The fourth-order valence-electron chi connectivity index (χ4n) is 2.97. The molecule has 0 bridgehead atoms. The van der Waals surface area contributed by atoms with Gasteiger partial charge in [-0.3, -0.25) is 4.79 Å².